The van der Waals surface area contributed by atoms with E-state index in [0.29, 0.717) is 5.92 Å². The Labute approximate surface area is 157 Å². The van der Waals surface area contributed by atoms with Crippen molar-refractivity contribution in [2.45, 2.75) is 25.3 Å². The van der Waals surface area contributed by atoms with Crippen LogP contribution in [-0.2, 0) is 17.6 Å². The van der Waals surface area contributed by atoms with Crippen molar-refractivity contribution in [3.05, 3.63) is 35.4 Å². The molecular weight excluding hydrogens is 345 g/mol. The van der Waals surface area contributed by atoms with Gasteiger partial charge in [-0.15, -0.1) is 24.8 Å². The highest BCUT2D eigenvalue weighted by molar-refractivity contribution is 5.85. The minimum atomic E-state index is 0. The number of nitrogens with zero attached hydrogens (tertiary/aromatic N) is 1. The number of nitrogens with one attached hydrogen (secondary N) is 2. The summed E-state index contributed by atoms with van der Waals surface area (Å²) in [7, 11) is 4.24. The van der Waals surface area contributed by atoms with E-state index in [-0.39, 0.29) is 42.2 Å². The van der Waals surface area contributed by atoms with Crippen LogP contribution >= 0.6 is 24.8 Å². The molecule has 1 saturated heterocycles. The molecule has 136 valence electrons. The van der Waals surface area contributed by atoms with Crippen LogP contribution in [0.1, 0.15) is 18.1 Å². The first-order valence-electron chi connectivity index (χ1n) is 8.24. The molecule has 1 aromatic rings. The Bertz CT molecular complexity index is 536. The van der Waals surface area contributed by atoms with Gasteiger partial charge in [-0.05, 0) is 57.1 Å². The van der Waals surface area contributed by atoms with Gasteiger partial charge in [-0.25, -0.2) is 0 Å². The SMILES string of the molecule is CC(C(=O)NCC1(N(C)C)Cc2ccccc2C1)C1CNC1.Cl.Cl. The second-order valence-corrected chi connectivity index (χ2v) is 7.17. The monoisotopic (exact) mass is 373 g/mol. The van der Waals surface area contributed by atoms with Crippen LogP contribution in [0.2, 0.25) is 0 Å². The number of halogens is 2. The summed E-state index contributed by atoms with van der Waals surface area (Å²) in [6.45, 7) is 4.71. The largest absolute Gasteiger partial charge is 0.354 e. The Morgan fingerprint density at radius 1 is 1.25 bits per heavy atom. The molecule has 4 nitrogen and oxygen atoms in total. The summed E-state index contributed by atoms with van der Waals surface area (Å²) in [6, 6.07) is 8.64. The third-order valence-corrected chi connectivity index (χ3v) is 5.63. The number of carbonyl (C=O) groups excluding carboxylic acids is 1. The summed E-state index contributed by atoms with van der Waals surface area (Å²) >= 11 is 0. The lowest BCUT2D eigenvalue weighted by atomic mass is 9.87. The van der Waals surface area contributed by atoms with Crippen molar-refractivity contribution in [2.75, 3.05) is 33.7 Å². The van der Waals surface area contributed by atoms with Crippen LogP contribution < -0.4 is 10.6 Å². The molecule has 1 amide bonds. The molecule has 1 heterocycles. The molecule has 3 rings (SSSR count). The first kappa shape index (κ1) is 21.2. The van der Waals surface area contributed by atoms with Crippen molar-refractivity contribution in [3.63, 3.8) is 0 Å². The van der Waals surface area contributed by atoms with E-state index in [2.05, 4.69) is 53.9 Å². The minimum Gasteiger partial charge on any atom is -0.354 e. The van der Waals surface area contributed by atoms with E-state index in [1.54, 1.807) is 0 Å². The predicted octanol–water partition coefficient (Wildman–Crippen LogP) is 1.90. The Morgan fingerprint density at radius 3 is 2.21 bits per heavy atom. The van der Waals surface area contributed by atoms with Gasteiger partial charge in [0, 0.05) is 18.0 Å². The number of hydrogen-bond donors (Lipinski definition) is 2. The van der Waals surface area contributed by atoms with E-state index in [1.807, 2.05) is 6.92 Å². The molecule has 0 saturated carbocycles. The lowest BCUT2D eigenvalue weighted by molar-refractivity contribution is -0.127. The van der Waals surface area contributed by atoms with E-state index < -0.39 is 0 Å². The number of amides is 1. The van der Waals surface area contributed by atoms with Gasteiger partial charge >= 0.3 is 0 Å². The Kier molecular flexibility index (Phi) is 7.54. The zero-order valence-electron chi connectivity index (χ0n) is 14.7. The van der Waals surface area contributed by atoms with Gasteiger partial charge in [0.05, 0.1) is 0 Å². The van der Waals surface area contributed by atoms with Crippen LogP contribution in [0.3, 0.4) is 0 Å². The van der Waals surface area contributed by atoms with Crippen LogP contribution in [-0.4, -0.2) is 50.1 Å². The van der Waals surface area contributed by atoms with Gasteiger partial charge in [-0.1, -0.05) is 31.2 Å². The number of benzene rings is 1. The van der Waals surface area contributed by atoms with Crippen molar-refractivity contribution < 1.29 is 4.79 Å². The average Bonchev–Trinajstić information content (AvgIpc) is 2.82. The molecule has 1 aromatic carbocycles. The van der Waals surface area contributed by atoms with Crippen molar-refractivity contribution in [3.8, 4) is 0 Å². The summed E-state index contributed by atoms with van der Waals surface area (Å²) in [5.41, 5.74) is 2.85. The van der Waals surface area contributed by atoms with Crippen molar-refractivity contribution in [1.29, 1.82) is 0 Å². The molecule has 1 aliphatic carbocycles. The molecule has 1 atom stereocenters. The molecule has 0 spiro atoms. The molecule has 1 aliphatic heterocycles. The van der Waals surface area contributed by atoms with Crippen LogP contribution in [0, 0.1) is 11.8 Å². The fraction of sp³-hybridized carbons (Fsp3) is 0.611. The van der Waals surface area contributed by atoms with E-state index in [4.69, 9.17) is 0 Å². The van der Waals surface area contributed by atoms with Crippen molar-refractivity contribution in [1.82, 2.24) is 15.5 Å². The van der Waals surface area contributed by atoms with Gasteiger partial charge < -0.3 is 15.5 Å². The van der Waals surface area contributed by atoms with Crippen molar-refractivity contribution >= 4 is 30.7 Å². The Morgan fingerprint density at radius 2 is 1.79 bits per heavy atom. The average molecular weight is 374 g/mol. The number of fused-ring (bicyclic) bond motifs is 1. The van der Waals surface area contributed by atoms with Gasteiger partial charge in [0.15, 0.2) is 0 Å². The third-order valence-electron chi connectivity index (χ3n) is 5.63. The summed E-state index contributed by atoms with van der Waals surface area (Å²) < 4.78 is 0. The van der Waals surface area contributed by atoms with Gasteiger partial charge in [0.25, 0.3) is 0 Å². The maximum Gasteiger partial charge on any atom is 0.223 e. The topological polar surface area (TPSA) is 44.4 Å². The molecule has 0 aromatic heterocycles. The number of hydrogen-bond acceptors (Lipinski definition) is 3. The summed E-state index contributed by atoms with van der Waals surface area (Å²) in [6.07, 6.45) is 2.02. The second-order valence-electron chi connectivity index (χ2n) is 7.17. The molecular formula is C18H29Cl2N3O. The van der Waals surface area contributed by atoms with E-state index >= 15 is 0 Å². The van der Waals surface area contributed by atoms with Gasteiger partial charge in [-0.3, -0.25) is 4.79 Å². The fourth-order valence-electron chi connectivity index (χ4n) is 3.56. The fourth-order valence-corrected chi connectivity index (χ4v) is 3.56. The third kappa shape index (κ3) is 4.05. The highest BCUT2D eigenvalue weighted by Crippen LogP contribution is 2.33. The molecule has 2 aliphatic rings. The maximum atomic E-state index is 12.4. The molecule has 24 heavy (non-hydrogen) atoms. The second kappa shape index (κ2) is 8.52. The molecule has 2 N–H and O–H groups in total. The lowest BCUT2D eigenvalue weighted by Crippen LogP contribution is -2.56. The van der Waals surface area contributed by atoms with Crippen LogP contribution in [0.4, 0.5) is 0 Å². The van der Waals surface area contributed by atoms with Crippen LogP contribution in [0.15, 0.2) is 24.3 Å². The van der Waals surface area contributed by atoms with Gasteiger partial charge in [-0.2, -0.15) is 0 Å². The lowest BCUT2D eigenvalue weighted by Gasteiger charge is -2.38. The van der Waals surface area contributed by atoms with Gasteiger partial charge in [0.1, 0.15) is 0 Å². The number of rotatable bonds is 5. The molecule has 1 fully saturated rings. The van der Waals surface area contributed by atoms with E-state index in [1.165, 1.54) is 11.1 Å². The zero-order chi connectivity index (χ0) is 15.7. The Balaban J connectivity index is 0.00000144. The van der Waals surface area contributed by atoms with E-state index in [0.717, 1.165) is 32.5 Å². The van der Waals surface area contributed by atoms with Crippen LogP contribution in [0.5, 0.6) is 0 Å². The smallest absolute Gasteiger partial charge is 0.223 e. The van der Waals surface area contributed by atoms with E-state index in [9.17, 15) is 4.79 Å². The summed E-state index contributed by atoms with van der Waals surface area (Å²) in [4.78, 5) is 14.7. The highest BCUT2D eigenvalue weighted by Gasteiger charge is 2.40. The molecule has 0 radical (unpaired) electrons. The summed E-state index contributed by atoms with van der Waals surface area (Å²) in [5, 5.41) is 6.47. The Hall–Kier alpha value is -0.810. The predicted molar refractivity (Wildman–Crippen MR) is 103 cm³/mol. The van der Waals surface area contributed by atoms with Crippen molar-refractivity contribution in [2.24, 2.45) is 11.8 Å². The minimum absolute atomic E-state index is 0. The molecule has 0 bridgehead atoms. The molecule has 1 unspecified atom stereocenters. The first-order chi connectivity index (χ1) is 10.5. The first-order valence-corrected chi connectivity index (χ1v) is 8.24. The standard InChI is InChI=1S/C18H27N3O.2ClH/c1-13(16-10-19-11-16)17(22)20-12-18(21(2)3)8-14-6-4-5-7-15(14)9-18;;/h4-7,13,16,19H,8-12H2,1-3H3,(H,20,22);2*1H. The number of likely N-dealkylation sites (N-methyl/N-ethyl adjacent to an activating group) is 1. The molecule has 6 heteroatoms. The normalized spacial score (nSPS) is 19.5. The highest BCUT2D eigenvalue weighted by atomic mass is 35.5. The van der Waals surface area contributed by atoms with Crippen LogP contribution in [0.25, 0.3) is 0 Å². The maximum absolute atomic E-state index is 12.4. The number of carbonyl (C=O) groups is 1. The summed E-state index contributed by atoms with van der Waals surface area (Å²) in [5.74, 6) is 0.795. The van der Waals surface area contributed by atoms with Gasteiger partial charge in [0.2, 0.25) is 5.91 Å². The zero-order valence-corrected chi connectivity index (χ0v) is 16.3. The quantitative estimate of drug-likeness (QED) is 0.828.